The third-order valence-corrected chi connectivity index (χ3v) is 1.90. The molecule has 1 atom stereocenters. The Morgan fingerprint density at radius 1 is 1.55 bits per heavy atom. The van der Waals surface area contributed by atoms with Crippen molar-refractivity contribution >= 4 is 0 Å². The lowest BCUT2D eigenvalue weighted by molar-refractivity contribution is 0.0770. The van der Waals surface area contributed by atoms with Crippen molar-refractivity contribution in [1.82, 2.24) is 5.32 Å². The summed E-state index contributed by atoms with van der Waals surface area (Å²) in [5.41, 5.74) is 0. The quantitative estimate of drug-likeness (QED) is 0.635. The molecule has 3 heteroatoms. The maximum atomic E-state index is 8.52. The van der Waals surface area contributed by atoms with E-state index in [0.29, 0.717) is 6.04 Å². The maximum absolute atomic E-state index is 8.52. The highest BCUT2D eigenvalue weighted by Crippen LogP contribution is 2.06. The second-order valence-electron chi connectivity index (χ2n) is 2.90. The molecule has 0 aromatic carbocycles. The molecule has 0 radical (unpaired) electrons. The van der Waals surface area contributed by atoms with E-state index >= 15 is 0 Å². The first-order chi connectivity index (χ1) is 5.33. The van der Waals surface area contributed by atoms with Crippen molar-refractivity contribution < 1.29 is 4.74 Å². The molecule has 1 saturated heterocycles. The van der Waals surface area contributed by atoms with E-state index in [2.05, 4.69) is 11.4 Å². The molecular formula is C8H14N2O. The summed E-state index contributed by atoms with van der Waals surface area (Å²) in [6.45, 7) is 3.54. The van der Waals surface area contributed by atoms with Crippen LogP contribution in [0.3, 0.4) is 0 Å². The van der Waals surface area contributed by atoms with Crippen LogP contribution in [-0.2, 0) is 4.74 Å². The van der Waals surface area contributed by atoms with Gasteiger partial charge in [-0.25, -0.2) is 0 Å². The van der Waals surface area contributed by atoms with Gasteiger partial charge < -0.3 is 4.74 Å². The Balaban J connectivity index is 2.20. The smallest absolute Gasteiger partial charge is 0.0926 e. The third kappa shape index (κ3) is 2.87. The summed E-state index contributed by atoms with van der Waals surface area (Å²) >= 11 is 0. The standard InChI is InChI=1S/C8H14N2O/c1-7(6-9)10-8-2-4-11-5-3-8/h7-8,10H,2-5H2,1H3. The molecule has 0 amide bonds. The summed E-state index contributed by atoms with van der Waals surface area (Å²) in [5, 5.41) is 11.7. The molecule has 0 bridgehead atoms. The number of hydrogen-bond acceptors (Lipinski definition) is 3. The van der Waals surface area contributed by atoms with E-state index in [1.807, 2.05) is 6.92 Å². The van der Waals surface area contributed by atoms with Crippen molar-refractivity contribution in [3.63, 3.8) is 0 Å². The van der Waals surface area contributed by atoms with Crippen molar-refractivity contribution in [2.75, 3.05) is 13.2 Å². The average molecular weight is 154 g/mol. The van der Waals surface area contributed by atoms with Gasteiger partial charge in [-0.05, 0) is 19.8 Å². The monoisotopic (exact) mass is 154 g/mol. The van der Waals surface area contributed by atoms with E-state index in [-0.39, 0.29) is 6.04 Å². The van der Waals surface area contributed by atoms with E-state index in [0.717, 1.165) is 26.1 Å². The SMILES string of the molecule is CC(C#N)NC1CCOCC1. The van der Waals surface area contributed by atoms with Gasteiger partial charge in [-0.3, -0.25) is 5.32 Å². The van der Waals surface area contributed by atoms with Crippen LogP contribution in [0.4, 0.5) is 0 Å². The molecular weight excluding hydrogens is 140 g/mol. The Morgan fingerprint density at radius 3 is 2.73 bits per heavy atom. The van der Waals surface area contributed by atoms with Gasteiger partial charge in [0, 0.05) is 19.3 Å². The van der Waals surface area contributed by atoms with Gasteiger partial charge in [0.1, 0.15) is 0 Å². The van der Waals surface area contributed by atoms with Crippen LogP contribution < -0.4 is 5.32 Å². The van der Waals surface area contributed by atoms with E-state index < -0.39 is 0 Å². The van der Waals surface area contributed by atoms with Crippen LogP contribution in [0.2, 0.25) is 0 Å². The fourth-order valence-corrected chi connectivity index (χ4v) is 1.26. The topological polar surface area (TPSA) is 45.0 Å². The largest absolute Gasteiger partial charge is 0.381 e. The summed E-state index contributed by atoms with van der Waals surface area (Å²) in [6.07, 6.45) is 2.07. The summed E-state index contributed by atoms with van der Waals surface area (Å²) in [7, 11) is 0. The number of nitrogens with one attached hydrogen (secondary N) is 1. The van der Waals surface area contributed by atoms with Crippen molar-refractivity contribution in [2.45, 2.75) is 31.8 Å². The van der Waals surface area contributed by atoms with Gasteiger partial charge >= 0.3 is 0 Å². The van der Waals surface area contributed by atoms with Gasteiger partial charge in [0.25, 0.3) is 0 Å². The molecule has 62 valence electrons. The zero-order chi connectivity index (χ0) is 8.10. The zero-order valence-corrected chi connectivity index (χ0v) is 6.84. The molecule has 1 N–H and O–H groups in total. The van der Waals surface area contributed by atoms with Gasteiger partial charge in [-0.15, -0.1) is 0 Å². The molecule has 0 spiro atoms. The second kappa shape index (κ2) is 4.32. The van der Waals surface area contributed by atoms with Crippen LogP contribution in [0, 0.1) is 11.3 Å². The van der Waals surface area contributed by atoms with Crippen LogP contribution in [0.25, 0.3) is 0 Å². The minimum absolute atomic E-state index is 0.0295. The van der Waals surface area contributed by atoms with Crippen LogP contribution in [0.15, 0.2) is 0 Å². The molecule has 3 nitrogen and oxygen atoms in total. The number of ether oxygens (including phenoxy) is 1. The molecule has 11 heavy (non-hydrogen) atoms. The predicted molar refractivity (Wildman–Crippen MR) is 42.1 cm³/mol. The summed E-state index contributed by atoms with van der Waals surface area (Å²) < 4.78 is 5.19. The molecule has 1 fully saturated rings. The van der Waals surface area contributed by atoms with Gasteiger partial charge in [-0.1, -0.05) is 0 Å². The van der Waals surface area contributed by atoms with Crippen LogP contribution in [0.5, 0.6) is 0 Å². The van der Waals surface area contributed by atoms with Gasteiger partial charge in [-0.2, -0.15) is 5.26 Å². The Morgan fingerprint density at radius 2 is 2.18 bits per heavy atom. The number of nitrogens with zero attached hydrogens (tertiary/aromatic N) is 1. The second-order valence-corrected chi connectivity index (χ2v) is 2.90. The highest BCUT2D eigenvalue weighted by molar-refractivity contribution is 4.88. The molecule has 1 unspecified atom stereocenters. The molecule has 0 aromatic heterocycles. The molecule has 1 aliphatic heterocycles. The molecule has 0 aromatic rings. The summed E-state index contributed by atoms with van der Waals surface area (Å²) in [4.78, 5) is 0. The molecule has 0 saturated carbocycles. The van der Waals surface area contributed by atoms with Crippen LogP contribution >= 0.6 is 0 Å². The minimum Gasteiger partial charge on any atom is -0.381 e. The van der Waals surface area contributed by atoms with Gasteiger partial charge in [0.2, 0.25) is 0 Å². The van der Waals surface area contributed by atoms with E-state index in [9.17, 15) is 0 Å². The van der Waals surface area contributed by atoms with E-state index in [4.69, 9.17) is 10.00 Å². The molecule has 1 rings (SSSR count). The predicted octanol–water partition coefficient (Wildman–Crippen LogP) is 0.667. The lowest BCUT2D eigenvalue weighted by atomic mass is 10.1. The van der Waals surface area contributed by atoms with Crippen molar-refractivity contribution in [3.8, 4) is 6.07 Å². The van der Waals surface area contributed by atoms with E-state index in [1.165, 1.54) is 0 Å². The van der Waals surface area contributed by atoms with Crippen LogP contribution in [-0.4, -0.2) is 25.3 Å². The van der Waals surface area contributed by atoms with Gasteiger partial charge in [0.05, 0.1) is 12.1 Å². The Labute approximate surface area is 67.3 Å². The molecule has 1 aliphatic rings. The minimum atomic E-state index is -0.0295. The normalized spacial score (nSPS) is 22.5. The highest BCUT2D eigenvalue weighted by Gasteiger charge is 2.14. The number of rotatable bonds is 2. The fourth-order valence-electron chi connectivity index (χ4n) is 1.26. The highest BCUT2D eigenvalue weighted by atomic mass is 16.5. The summed E-state index contributed by atoms with van der Waals surface area (Å²) in [6, 6.07) is 2.62. The molecule has 1 heterocycles. The molecule has 0 aliphatic carbocycles. The Kier molecular flexibility index (Phi) is 3.34. The number of nitriles is 1. The Hall–Kier alpha value is -0.590. The van der Waals surface area contributed by atoms with Crippen LogP contribution in [0.1, 0.15) is 19.8 Å². The lowest BCUT2D eigenvalue weighted by Crippen LogP contribution is -2.39. The van der Waals surface area contributed by atoms with E-state index in [1.54, 1.807) is 0 Å². The van der Waals surface area contributed by atoms with Crippen molar-refractivity contribution in [3.05, 3.63) is 0 Å². The lowest BCUT2D eigenvalue weighted by Gasteiger charge is -2.24. The first kappa shape index (κ1) is 8.51. The fraction of sp³-hybridized carbons (Fsp3) is 0.875. The van der Waals surface area contributed by atoms with Crippen molar-refractivity contribution in [1.29, 1.82) is 5.26 Å². The first-order valence-corrected chi connectivity index (χ1v) is 4.06. The van der Waals surface area contributed by atoms with Gasteiger partial charge in [0.15, 0.2) is 0 Å². The Bertz CT molecular complexity index is 147. The van der Waals surface area contributed by atoms with Crippen molar-refractivity contribution in [2.24, 2.45) is 0 Å². The first-order valence-electron chi connectivity index (χ1n) is 4.06. The average Bonchev–Trinajstić information content (AvgIpc) is 2.06. The number of hydrogen-bond donors (Lipinski definition) is 1. The maximum Gasteiger partial charge on any atom is 0.0926 e. The summed E-state index contributed by atoms with van der Waals surface area (Å²) in [5.74, 6) is 0. The zero-order valence-electron chi connectivity index (χ0n) is 6.84. The third-order valence-electron chi connectivity index (χ3n) is 1.90.